The molecule has 3 unspecified atom stereocenters. The summed E-state index contributed by atoms with van der Waals surface area (Å²) in [6.45, 7) is 0.928. The monoisotopic (exact) mass is 265 g/mol. The van der Waals surface area contributed by atoms with Gasteiger partial charge in [-0.05, 0) is 58.4 Å². The lowest BCUT2D eigenvalue weighted by Crippen LogP contribution is -2.42. The lowest BCUT2D eigenvalue weighted by Gasteiger charge is -2.35. The van der Waals surface area contributed by atoms with Gasteiger partial charge in [-0.15, -0.1) is 0 Å². The van der Waals surface area contributed by atoms with Crippen molar-refractivity contribution in [2.75, 3.05) is 13.7 Å². The van der Waals surface area contributed by atoms with E-state index in [4.69, 9.17) is 4.74 Å². The minimum absolute atomic E-state index is 0.359. The number of piperidine rings is 1. The Morgan fingerprint density at radius 2 is 1.95 bits per heavy atom. The zero-order valence-corrected chi connectivity index (χ0v) is 12.1. The number of ketones is 1. The molecule has 3 heteroatoms. The van der Waals surface area contributed by atoms with E-state index in [1.165, 1.54) is 25.7 Å². The van der Waals surface area contributed by atoms with Crippen LogP contribution in [0.25, 0.3) is 0 Å². The Bertz CT molecular complexity index is 311. The zero-order valence-electron chi connectivity index (χ0n) is 12.1. The largest absolute Gasteiger partial charge is 0.378 e. The zero-order chi connectivity index (χ0) is 13.2. The molecule has 0 amide bonds. The predicted molar refractivity (Wildman–Crippen MR) is 75.1 cm³/mol. The number of Topliss-reactive ketones (excluding diaryl/α,β-unsaturated/α-hetero) is 1. The van der Waals surface area contributed by atoms with Crippen LogP contribution in [0.15, 0.2) is 0 Å². The highest BCUT2D eigenvalue weighted by Crippen LogP contribution is 2.38. The van der Waals surface area contributed by atoms with Crippen LogP contribution in [-0.4, -0.2) is 42.5 Å². The SMILES string of the molecule is CN1C2CCC1CC(C(=O)CCCC1CCCO1)C2. The van der Waals surface area contributed by atoms with Crippen LogP contribution < -0.4 is 0 Å². The van der Waals surface area contributed by atoms with Crippen molar-refractivity contribution in [2.24, 2.45) is 5.92 Å². The summed E-state index contributed by atoms with van der Waals surface area (Å²) in [5.74, 6) is 0.890. The van der Waals surface area contributed by atoms with Gasteiger partial charge in [-0.3, -0.25) is 4.79 Å². The van der Waals surface area contributed by atoms with E-state index in [1.54, 1.807) is 0 Å². The molecule has 0 spiro atoms. The van der Waals surface area contributed by atoms with Crippen molar-refractivity contribution in [3.63, 3.8) is 0 Å². The van der Waals surface area contributed by atoms with E-state index in [9.17, 15) is 4.79 Å². The first-order chi connectivity index (χ1) is 9.24. The van der Waals surface area contributed by atoms with Gasteiger partial charge < -0.3 is 9.64 Å². The summed E-state index contributed by atoms with van der Waals surface area (Å²) in [6, 6.07) is 1.37. The van der Waals surface area contributed by atoms with E-state index in [1.807, 2.05) is 0 Å². The molecule has 3 nitrogen and oxygen atoms in total. The Morgan fingerprint density at radius 3 is 2.58 bits per heavy atom. The first-order valence-electron chi connectivity index (χ1n) is 8.10. The van der Waals surface area contributed by atoms with Gasteiger partial charge in [0.1, 0.15) is 5.78 Å². The summed E-state index contributed by atoms with van der Waals surface area (Å²) in [4.78, 5) is 14.8. The predicted octanol–water partition coefficient (Wildman–Crippen LogP) is 2.78. The van der Waals surface area contributed by atoms with Crippen molar-refractivity contribution in [3.05, 3.63) is 0 Å². The summed E-state index contributed by atoms with van der Waals surface area (Å²) in [7, 11) is 2.24. The summed E-state index contributed by atoms with van der Waals surface area (Å²) < 4.78 is 5.62. The van der Waals surface area contributed by atoms with Crippen LogP contribution in [0.4, 0.5) is 0 Å². The second-order valence-electron chi connectivity index (χ2n) is 6.71. The maximum absolute atomic E-state index is 12.3. The number of hydrogen-bond donors (Lipinski definition) is 0. The van der Waals surface area contributed by atoms with E-state index in [2.05, 4.69) is 11.9 Å². The quantitative estimate of drug-likeness (QED) is 0.765. The van der Waals surface area contributed by atoms with Crippen LogP contribution >= 0.6 is 0 Å². The highest BCUT2D eigenvalue weighted by atomic mass is 16.5. The van der Waals surface area contributed by atoms with E-state index in [0.717, 1.165) is 38.7 Å². The minimum atomic E-state index is 0.359. The lowest BCUT2D eigenvalue weighted by molar-refractivity contribution is -0.125. The molecular weight excluding hydrogens is 238 g/mol. The van der Waals surface area contributed by atoms with Gasteiger partial charge in [-0.25, -0.2) is 0 Å². The third-order valence-electron chi connectivity index (χ3n) is 5.53. The second kappa shape index (κ2) is 5.92. The number of ether oxygens (including phenoxy) is 1. The molecule has 0 aromatic carbocycles. The van der Waals surface area contributed by atoms with E-state index in [-0.39, 0.29) is 0 Å². The molecule has 0 aromatic heterocycles. The average Bonchev–Trinajstić information content (AvgIpc) is 2.96. The van der Waals surface area contributed by atoms with E-state index >= 15 is 0 Å². The number of carbonyl (C=O) groups excluding carboxylic acids is 1. The number of hydrogen-bond acceptors (Lipinski definition) is 3. The third kappa shape index (κ3) is 3.03. The van der Waals surface area contributed by atoms with Gasteiger partial charge in [0.05, 0.1) is 6.10 Å². The number of fused-ring (bicyclic) bond motifs is 2. The molecule has 0 aliphatic carbocycles. The standard InChI is InChI=1S/C16H27NO2/c1-17-13-7-8-14(17)11-12(10-13)16(18)6-2-4-15-5-3-9-19-15/h12-15H,2-11H2,1H3. The second-order valence-corrected chi connectivity index (χ2v) is 6.71. The number of nitrogens with zero attached hydrogens (tertiary/aromatic N) is 1. The molecule has 3 rings (SSSR count). The molecule has 0 saturated carbocycles. The fraction of sp³-hybridized carbons (Fsp3) is 0.938. The summed E-state index contributed by atoms with van der Waals surface area (Å²) in [5, 5.41) is 0. The molecule has 3 heterocycles. The topological polar surface area (TPSA) is 29.5 Å². The van der Waals surface area contributed by atoms with Gasteiger partial charge in [0.2, 0.25) is 0 Å². The molecule has 0 aromatic rings. The van der Waals surface area contributed by atoms with Crippen molar-refractivity contribution in [2.45, 2.75) is 76.0 Å². The summed E-state index contributed by atoms with van der Waals surface area (Å²) in [5.41, 5.74) is 0. The fourth-order valence-electron chi connectivity index (χ4n) is 4.25. The van der Waals surface area contributed by atoms with Gasteiger partial charge in [0.25, 0.3) is 0 Å². The Kier molecular flexibility index (Phi) is 4.23. The van der Waals surface area contributed by atoms with Crippen LogP contribution in [0.1, 0.15) is 57.8 Å². The maximum Gasteiger partial charge on any atom is 0.136 e. The molecule has 108 valence electrons. The van der Waals surface area contributed by atoms with Crippen molar-refractivity contribution in [3.8, 4) is 0 Å². The summed E-state index contributed by atoms with van der Waals surface area (Å²) >= 11 is 0. The molecule has 3 aliphatic rings. The molecule has 3 atom stereocenters. The molecular formula is C16H27NO2. The highest BCUT2D eigenvalue weighted by Gasteiger charge is 2.40. The Morgan fingerprint density at radius 1 is 1.21 bits per heavy atom. The fourth-order valence-corrected chi connectivity index (χ4v) is 4.25. The third-order valence-corrected chi connectivity index (χ3v) is 5.53. The summed E-state index contributed by atoms with van der Waals surface area (Å²) in [6.07, 6.45) is 10.6. The highest BCUT2D eigenvalue weighted by molar-refractivity contribution is 5.81. The van der Waals surface area contributed by atoms with Gasteiger partial charge in [0, 0.05) is 31.0 Å². The normalized spacial score (nSPS) is 38.8. The van der Waals surface area contributed by atoms with Gasteiger partial charge >= 0.3 is 0 Å². The molecule has 3 fully saturated rings. The minimum Gasteiger partial charge on any atom is -0.378 e. The molecule has 19 heavy (non-hydrogen) atoms. The van der Waals surface area contributed by atoms with Crippen LogP contribution in [0.5, 0.6) is 0 Å². The molecule has 0 N–H and O–H groups in total. The van der Waals surface area contributed by atoms with Crippen LogP contribution in [0, 0.1) is 5.92 Å². The van der Waals surface area contributed by atoms with E-state index < -0.39 is 0 Å². The van der Waals surface area contributed by atoms with Crippen molar-refractivity contribution < 1.29 is 9.53 Å². The molecule has 2 bridgehead atoms. The number of rotatable bonds is 5. The van der Waals surface area contributed by atoms with Gasteiger partial charge in [0.15, 0.2) is 0 Å². The van der Waals surface area contributed by atoms with E-state index in [0.29, 0.717) is 29.9 Å². The molecule has 0 radical (unpaired) electrons. The van der Waals surface area contributed by atoms with Crippen molar-refractivity contribution in [1.29, 1.82) is 0 Å². The first-order valence-corrected chi connectivity index (χ1v) is 8.10. The van der Waals surface area contributed by atoms with Crippen LogP contribution in [-0.2, 0) is 9.53 Å². The first kappa shape index (κ1) is 13.6. The van der Waals surface area contributed by atoms with Crippen LogP contribution in [0.2, 0.25) is 0 Å². The van der Waals surface area contributed by atoms with Crippen molar-refractivity contribution >= 4 is 5.78 Å². The van der Waals surface area contributed by atoms with Gasteiger partial charge in [-0.1, -0.05) is 0 Å². The molecule has 3 aliphatic heterocycles. The Hall–Kier alpha value is -0.410. The van der Waals surface area contributed by atoms with Gasteiger partial charge in [-0.2, -0.15) is 0 Å². The smallest absolute Gasteiger partial charge is 0.136 e. The number of carbonyl (C=O) groups is 1. The Labute approximate surface area is 116 Å². The van der Waals surface area contributed by atoms with Crippen LogP contribution in [0.3, 0.4) is 0 Å². The molecule has 3 saturated heterocycles. The maximum atomic E-state index is 12.3. The Balaban J connectivity index is 1.41. The average molecular weight is 265 g/mol. The van der Waals surface area contributed by atoms with Crippen molar-refractivity contribution in [1.82, 2.24) is 4.90 Å². The lowest BCUT2D eigenvalue weighted by atomic mass is 9.85.